The van der Waals surface area contributed by atoms with Crippen LogP contribution in [0.1, 0.15) is 17.5 Å². The SMILES string of the molecule is COc1ccc(C2=NOC(C(=O)Nc3ncn(Cc4ccccc4Cl)n3)C2)cc1. The first-order valence-corrected chi connectivity index (χ1v) is 9.31. The zero-order chi connectivity index (χ0) is 20.2. The van der Waals surface area contributed by atoms with E-state index in [9.17, 15) is 4.79 Å². The third kappa shape index (κ3) is 4.38. The van der Waals surface area contributed by atoms with Crippen molar-refractivity contribution in [1.82, 2.24) is 14.8 Å². The maximum Gasteiger partial charge on any atom is 0.271 e. The molecule has 0 saturated carbocycles. The largest absolute Gasteiger partial charge is 0.497 e. The molecule has 4 rings (SSSR count). The highest BCUT2D eigenvalue weighted by Crippen LogP contribution is 2.20. The number of hydrogen-bond acceptors (Lipinski definition) is 6. The molecule has 1 aliphatic heterocycles. The molecular weight excluding hydrogens is 394 g/mol. The van der Waals surface area contributed by atoms with E-state index in [1.165, 1.54) is 6.33 Å². The van der Waals surface area contributed by atoms with Gasteiger partial charge in [0.25, 0.3) is 5.91 Å². The first kappa shape index (κ1) is 18.9. The Kier molecular flexibility index (Phi) is 5.44. The number of oxime groups is 1. The molecule has 1 atom stereocenters. The van der Waals surface area contributed by atoms with Crippen LogP contribution < -0.4 is 10.1 Å². The molecule has 1 unspecified atom stereocenters. The second kappa shape index (κ2) is 8.32. The van der Waals surface area contributed by atoms with Crippen molar-refractivity contribution < 1.29 is 14.4 Å². The van der Waals surface area contributed by atoms with Crippen molar-refractivity contribution in [2.75, 3.05) is 12.4 Å². The van der Waals surface area contributed by atoms with Gasteiger partial charge in [-0.05, 0) is 41.5 Å². The van der Waals surface area contributed by atoms with Crippen LogP contribution in [0, 0.1) is 0 Å². The minimum Gasteiger partial charge on any atom is -0.497 e. The summed E-state index contributed by atoms with van der Waals surface area (Å²) in [5, 5.41) is 11.6. The summed E-state index contributed by atoms with van der Waals surface area (Å²) in [5.74, 6) is 0.595. The summed E-state index contributed by atoms with van der Waals surface area (Å²) in [7, 11) is 1.61. The van der Waals surface area contributed by atoms with Crippen LogP contribution in [0.3, 0.4) is 0 Å². The second-order valence-electron chi connectivity index (χ2n) is 6.41. The van der Waals surface area contributed by atoms with Crippen molar-refractivity contribution in [1.29, 1.82) is 0 Å². The van der Waals surface area contributed by atoms with E-state index in [0.717, 1.165) is 16.9 Å². The maximum atomic E-state index is 12.5. The number of benzene rings is 2. The van der Waals surface area contributed by atoms with Crippen LogP contribution in [0.2, 0.25) is 5.02 Å². The van der Waals surface area contributed by atoms with E-state index in [1.807, 2.05) is 48.5 Å². The van der Waals surface area contributed by atoms with Gasteiger partial charge in [0.1, 0.15) is 12.1 Å². The fraction of sp³-hybridized carbons (Fsp3) is 0.200. The van der Waals surface area contributed by atoms with E-state index >= 15 is 0 Å². The first-order valence-electron chi connectivity index (χ1n) is 8.93. The summed E-state index contributed by atoms with van der Waals surface area (Å²) >= 11 is 6.16. The normalized spacial score (nSPS) is 15.5. The van der Waals surface area contributed by atoms with Crippen molar-refractivity contribution in [3.05, 3.63) is 71.0 Å². The quantitative estimate of drug-likeness (QED) is 0.673. The van der Waals surface area contributed by atoms with Gasteiger partial charge in [-0.2, -0.15) is 0 Å². The Hall–Kier alpha value is -3.39. The number of anilines is 1. The van der Waals surface area contributed by atoms with Crippen molar-refractivity contribution >= 4 is 29.2 Å². The first-order chi connectivity index (χ1) is 14.1. The fourth-order valence-corrected chi connectivity index (χ4v) is 3.09. The fourth-order valence-electron chi connectivity index (χ4n) is 2.89. The second-order valence-corrected chi connectivity index (χ2v) is 6.82. The standard InChI is InChI=1S/C20H18ClN5O3/c1-28-15-8-6-13(7-9-15)17-10-18(29-25-17)19(27)23-20-22-12-26(24-20)11-14-4-2-3-5-16(14)21/h2-9,12,18H,10-11H2,1H3,(H,23,24,27). The average Bonchev–Trinajstić information content (AvgIpc) is 3.40. The van der Waals surface area contributed by atoms with Crippen molar-refractivity contribution in [3.8, 4) is 5.75 Å². The molecule has 0 spiro atoms. The highest BCUT2D eigenvalue weighted by Gasteiger charge is 2.29. The molecule has 1 aromatic heterocycles. The molecule has 0 fully saturated rings. The number of nitrogens with zero attached hydrogens (tertiary/aromatic N) is 4. The molecule has 0 saturated heterocycles. The number of halogens is 1. The van der Waals surface area contributed by atoms with Gasteiger partial charge in [0.15, 0.2) is 0 Å². The number of rotatable bonds is 6. The van der Waals surface area contributed by atoms with Crippen LogP contribution in [0.4, 0.5) is 5.95 Å². The van der Waals surface area contributed by atoms with Gasteiger partial charge in [0.2, 0.25) is 12.1 Å². The number of hydrogen-bond donors (Lipinski definition) is 1. The van der Waals surface area contributed by atoms with E-state index in [4.69, 9.17) is 21.2 Å². The Balaban J connectivity index is 1.34. The average molecular weight is 412 g/mol. The predicted molar refractivity (Wildman–Crippen MR) is 108 cm³/mol. The van der Waals surface area contributed by atoms with E-state index < -0.39 is 6.10 Å². The van der Waals surface area contributed by atoms with Crippen molar-refractivity contribution in [2.24, 2.45) is 5.16 Å². The summed E-state index contributed by atoms with van der Waals surface area (Å²) in [6, 6.07) is 14.9. The molecule has 8 nitrogen and oxygen atoms in total. The predicted octanol–water partition coefficient (Wildman–Crippen LogP) is 3.12. The summed E-state index contributed by atoms with van der Waals surface area (Å²) in [5.41, 5.74) is 2.49. The Morgan fingerprint density at radius 2 is 2.07 bits per heavy atom. The lowest BCUT2D eigenvalue weighted by Crippen LogP contribution is -2.28. The minimum absolute atomic E-state index is 0.198. The van der Waals surface area contributed by atoms with Gasteiger partial charge in [-0.3, -0.25) is 10.1 Å². The molecule has 148 valence electrons. The maximum absolute atomic E-state index is 12.5. The Morgan fingerprint density at radius 3 is 2.83 bits per heavy atom. The van der Waals surface area contributed by atoms with Gasteiger partial charge in [-0.1, -0.05) is 35.0 Å². The summed E-state index contributed by atoms with van der Waals surface area (Å²) in [6.45, 7) is 0.452. The van der Waals surface area contributed by atoms with Gasteiger partial charge in [-0.25, -0.2) is 9.67 Å². The van der Waals surface area contributed by atoms with E-state index in [1.54, 1.807) is 11.8 Å². The van der Waals surface area contributed by atoms with Crippen LogP contribution >= 0.6 is 11.6 Å². The molecule has 2 heterocycles. The van der Waals surface area contributed by atoms with Crippen molar-refractivity contribution in [3.63, 3.8) is 0 Å². The van der Waals surface area contributed by atoms with E-state index in [2.05, 4.69) is 20.6 Å². The zero-order valence-electron chi connectivity index (χ0n) is 15.6. The molecule has 2 aromatic carbocycles. The summed E-state index contributed by atoms with van der Waals surface area (Å²) < 4.78 is 6.75. The van der Waals surface area contributed by atoms with Crippen LogP contribution in [-0.2, 0) is 16.2 Å². The topological polar surface area (TPSA) is 90.6 Å². The molecule has 1 N–H and O–H groups in total. The van der Waals surface area contributed by atoms with Crippen LogP contribution in [0.25, 0.3) is 0 Å². The van der Waals surface area contributed by atoms with Crippen LogP contribution in [-0.4, -0.2) is 39.6 Å². The van der Waals surface area contributed by atoms with Gasteiger partial charge < -0.3 is 9.57 Å². The number of nitrogens with one attached hydrogen (secondary N) is 1. The summed E-state index contributed by atoms with van der Waals surface area (Å²) in [4.78, 5) is 21.9. The van der Waals surface area contributed by atoms with Gasteiger partial charge >= 0.3 is 0 Å². The minimum atomic E-state index is -0.734. The Labute approximate surface area is 172 Å². The van der Waals surface area contributed by atoms with Crippen LogP contribution in [0.15, 0.2) is 60.0 Å². The number of carbonyl (C=O) groups excluding carboxylic acids is 1. The number of carbonyl (C=O) groups is 1. The lowest BCUT2D eigenvalue weighted by molar-refractivity contribution is -0.125. The molecule has 3 aromatic rings. The van der Waals surface area contributed by atoms with Gasteiger partial charge in [0.05, 0.1) is 19.4 Å². The lowest BCUT2D eigenvalue weighted by atomic mass is 10.0. The van der Waals surface area contributed by atoms with Gasteiger partial charge in [0, 0.05) is 11.4 Å². The molecule has 9 heteroatoms. The third-order valence-corrected chi connectivity index (χ3v) is 4.81. The summed E-state index contributed by atoms with van der Waals surface area (Å²) in [6.07, 6.45) is 1.16. The third-order valence-electron chi connectivity index (χ3n) is 4.45. The van der Waals surface area contributed by atoms with Crippen LogP contribution in [0.5, 0.6) is 5.75 Å². The lowest BCUT2D eigenvalue weighted by Gasteiger charge is -2.07. The molecule has 0 bridgehead atoms. The van der Waals surface area contributed by atoms with E-state index in [-0.39, 0.29) is 11.9 Å². The smallest absolute Gasteiger partial charge is 0.271 e. The number of aromatic nitrogens is 3. The molecule has 0 aliphatic carbocycles. The monoisotopic (exact) mass is 411 g/mol. The number of amides is 1. The molecule has 29 heavy (non-hydrogen) atoms. The molecule has 1 aliphatic rings. The van der Waals surface area contributed by atoms with Crippen molar-refractivity contribution in [2.45, 2.75) is 19.1 Å². The zero-order valence-corrected chi connectivity index (χ0v) is 16.3. The van der Waals surface area contributed by atoms with Gasteiger partial charge in [-0.15, -0.1) is 5.10 Å². The molecule has 1 amide bonds. The number of methoxy groups -OCH3 is 1. The molecule has 0 radical (unpaired) electrons. The van der Waals surface area contributed by atoms with E-state index in [0.29, 0.717) is 23.7 Å². The Bertz CT molecular complexity index is 1050. The Morgan fingerprint density at radius 1 is 1.28 bits per heavy atom. The molecular formula is C20H18ClN5O3. The number of ether oxygens (including phenoxy) is 1. The highest BCUT2D eigenvalue weighted by atomic mass is 35.5. The highest BCUT2D eigenvalue weighted by molar-refractivity contribution is 6.31.